The Morgan fingerprint density at radius 2 is 1.89 bits per heavy atom. The Morgan fingerprint density at radius 1 is 1.22 bits per heavy atom. The molecule has 1 aliphatic heterocycles. The summed E-state index contributed by atoms with van der Waals surface area (Å²) >= 11 is 2.07. The number of hydrogen-bond acceptors (Lipinski definition) is 2. The number of hydrogen-bond donors (Lipinski definition) is 1. The van der Waals surface area contributed by atoms with Crippen LogP contribution in [0, 0.1) is 5.41 Å². The van der Waals surface area contributed by atoms with Gasteiger partial charge in [-0.05, 0) is 41.2 Å². The van der Waals surface area contributed by atoms with Crippen molar-refractivity contribution >= 4 is 17.4 Å². The van der Waals surface area contributed by atoms with Crippen molar-refractivity contribution in [2.45, 2.75) is 46.1 Å². The van der Waals surface area contributed by atoms with Crippen LogP contribution in [-0.2, 0) is 0 Å². The first kappa shape index (κ1) is 13.8. The van der Waals surface area contributed by atoms with Gasteiger partial charge in [0.25, 0.3) is 0 Å². The van der Waals surface area contributed by atoms with Gasteiger partial charge in [0.1, 0.15) is 0 Å². The van der Waals surface area contributed by atoms with Crippen LogP contribution in [0.1, 0.15) is 45.6 Å². The minimum Gasteiger partial charge on any atom is -0.381 e. The van der Waals surface area contributed by atoms with Gasteiger partial charge in [-0.2, -0.15) is 11.8 Å². The van der Waals surface area contributed by atoms with Crippen molar-refractivity contribution in [1.29, 1.82) is 0 Å². The lowest BCUT2D eigenvalue weighted by molar-refractivity contribution is 0.358. The third-order valence-electron chi connectivity index (χ3n) is 3.56. The highest BCUT2D eigenvalue weighted by molar-refractivity contribution is 7.99. The molecule has 2 heteroatoms. The smallest absolute Gasteiger partial charge is 0.0357 e. The first-order valence-corrected chi connectivity index (χ1v) is 8.06. The Bertz CT molecular complexity index is 381. The molecule has 1 aliphatic rings. The topological polar surface area (TPSA) is 12.0 Å². The summed E-state index contributed by atoms with van der Waals surface area (Å²) in [5.74, 6) is 3.13. The van der Waals surface area contributed by atoms with E-state index in [2.05, 4.69) is 69.0 Å². The molecular weight excluding hydrogens is 238 g/mol. The first-order chi connectivity index (χ1) is 8.46. The largest absolute Gasteiger partial charge is 0.381 e. The van der Waals surface area contributed by atoms with E-state index >= 15 is 0 Å². The summed E-state index contributed by atoms with van der Waals surface area (Å²) < 4.78 is 0. The lowest BCUT2D eigenvalue weighted by Gasteiger charge is -2.35. The lowest BCUT2D eigenvalue weighted by Crippen LogP contribution is -2.35. The van der Waals surface area contributed by atoms with Crippen LogP contribution >= 0.6 is 11.8 Å². The van der Waals surface area contributed by atoms with Gasteiger partial charge in [0.15, 0.2) is 0 Å². The zero-order valence-corrected chi connectivity index (χ0v) is 12.8. The molecule has 100 valence electrons. The Hall–Kier alpha value is -0.630. The summed E-state index contributed by atoms with van der Waals surface area (Å²) in [4.78, 5) is 0. The average molecular weight is 263 g/mol. The highest BCUT2D eigenvalue weighted by atomic mass is 32.2. The zero-order chi connectivity index (χ0) is 13.2. The molecule has 1 atom stereocenters. The van der Waals surface area contributed by atoms with Gasteiger partial charge < -0.3 is 5.32 Å². The Kier molecular flexibility index (Phi) is 4.26. The molecule has 1 nitrogen and oxygen atoms in total. The maximum Gasteiger partial charge on any atom is 0.0357 e. The monoisotopic (exact) mass is 263 g/mol. The summed E-state index contributed by atoms with van der Waals surface area (Å²) in [6.07, 6.45) is 1.27. The van der Waals surface area contributed by atoms with Crippen LogP contribution in [0.25, 0.3) is 0 Å². The first-order valence-electron chi connectivity index (χ1n) is 6.90. The summed E-state index contributed by atoms with van der Waals surface area (Å²) in [5, 5.41) is 3.68. The van der Waals surface area contributed by atoms with Crippen LogP contribution in [0.4, 0.5) is 5.69 Å². The van der Waals surface area contributed by atoms with Crippen molar-refractivity contribution in [3.8, 4) is 0 Å². The van der Waals surface area contributed by atoms with Crippen LogP contribution in [0.2, 0.25) is 0 Å². The van der Waals surface area contributed by atoms with Crippen molar-refractivity contribution in [1.82, 2.24) is 0 Å². The fraction of sp³-hybridized carbons (Fsp3) is 0.625. The zero-order valence-electron chi connectivity index (χ0n) is 12.0. The van der Waals surface area contributed by atoms with Gasteiger partial charge in [0.2, 0.25) is 0 Å². The van der Waals surface area contributed by atoms with Crippen molar-refractivity contribution in [3.05, 3.63) is 29.8 Å². The van der Waals surface area contributed by atoms with Crippen LogP contribution < -0.4 is 5.32 Å². The maximum absolute atomic E-state index is 3.68. The van der Waals surface area contributed by atoms with Gasteiger partial charge in [-0.25, -0.2) is 0 Å². The van der Waals surface area contributed by atoms with Crippen molar-refractivity contribution in [2.75, 3.05) is 16.8 Å². The van der Waals surface area contributed by atoms with E-state index in [1.807, 2.05) is 0 Å². The predicted octanol–water partition coefficient (Wildman–Crippen LogP) is 4.75. The van der Waals surface area contributed by atoms with Gasteiger partial charge >= 0.3 is 0 Å². The third kappa shape index (κ3) is 3.68. The number of thioether (sulfide) groups is 1. The van der Waals surface area contributed by atoms with Crippen LogP contribution in [0.3, 0.4) is 0 Å². The highest BCUT2D eigenvalue weighted by Crippen LogP contribution is 2.34. The molecule has 0 saturated carbocycles. The molecule has 0 aromatic heterocycles. The summed E-state index contributed by atoms with van der Waals surface area (Å²) in [6.45, 7) is 9.22. The summed E-state index contributed by atoms with van der Waals surface area (Å²) in [5.41, 5.74) is 3.15. The number of rotatable bonds is 3. The predicted molar refractivity (Wildman–Crippen MR) is 83.7 cm³/mol. The van der Waals surface area contributed by atoms with Gasteiger partial charge in [-0.15, -0.1) is 0 Å². The number of anilines is 1. The van der Waals surface area contributed by atoms with Gasteiger partial charge in [-0.3, -0.25) is 0 Å². The van der Waals surface area contributed by atoms with E-state index in [4.69, 9.17) is 0 Å². The molecule has 1 saturated heterocycles. The molecule has 0 amide bonds. The maximum atomic E-state index is 3.68. The SMILES string of the molecule is CC(C)c1ccc(NC2CSCC(C)(C)C2)cc1. The third-order valence-corrected chi connectivity index (χ3v) is 5.18. The molecule has 1 aromatic carbocycles. The van der Waals surface area contributed by atoms with Crippen molar-refractivity contribution < 1.29 is 0 Å². The number of nitrogens with one attached hydrogen (secondary N) is 1. The minimum absolute atomic E-state index is 0.471. The molecule has 0 spiro atoms. The van der Waals surface area contributed by atoms with E-state index in [0.717, 1.165) is 0 Å². The van der Waals surface area contributed by atoms with E-state index in [1.165, 1.54) is 29.2 Å². The van der Waals surface area contributed by atoms with E-state index in [9.17, 15) is 0 Å². The molecule has 0 radical (unpaired) electrons. The second-order valence-electron chi connectivity index (χ2n) is 6.50. The Balaban J connectivity index is 1.97. The second kappa shape index (κ2) is 5.56. The summed E-state index contributed by atoms with van der Waals surface area (Å²) in [6, 6.07) is 9.55. The Labute approximate surface area is 116 Å². The Morgan fingerprint density at radius 3 is 2.44 bits per heavy atom. The molecule has 1 N–H and O–H groups in total. The molecular formula is C16H25NS. The van der Waals surface area contributed by atoms with E-state index in [1.54, 1.807) is 0 Å². The quantitative estimate of drug-likeness (QED) is 0.844. The molecule has 2 rings (SSSR count). The fourth-order valence-corrected chi connectivity index (χ4v) is 3.83. The molecule has 0 bridgehead atoms. The van der Waals surface area contributed by atoms with Gasteiger partial charge in [0, 0.05) is 17.5 Å². The molecule has 1 aromatic rings. The van der Waals surface area contributed by atoms with E-state index < -0.39 is 0 Å². The molecule has 18 heavy (non-hydrogen) atoms. The molecule has 0 aliphatic carbocycles. The van der Waals surface area contributed by atoms with E-state index in [-0.39, 0.29) is 0 Å². The van der Waals surface area contributed by atoms with Crippen molar-refractivity contribution in [3.63, 3.8) is 0 Å². The minimum atomic E-state index is 0.471. The van der Waals surface area contributed by atoms with Gasteiger partial charge in [0.05, 0.1) is 0 Å². The summed E-state index contributed by atoms with van der Waals surface area (Å²) in [7, 11) is 0. The van der Waals surface area contributed by atoms with E-state index in [0.29, 0.717) is 17.4 Å². The average Bonchev–Trinajstić information content (AvgIpc) is 2.28. The fourth-order valence-electron chi connectivity index (χ4n) is 2.56. The molecule has 1 heterocycles. The molecule has 1 unspecified atom stereocenters. The van der Waals surface area contributed by atoms with Crippen LogP contribution in [0.15, 0.2) is 24.3 Å². The number of benzene rings is 1. The highest BCUT2D eigenvalue weighted by Gasteiger charge is 2.28. The molecule has 1 fully saturated rings. The van der Waals surface area contributed by atoms with Crippen LogP contribution in [-0.4, -0.2) is 17.5 Å². The van der Waals surface area contributed by atoms with Gasteiger partial charge in [-0.1, -0.05) is 39.8 Å². The lowest BCUT2D eigenvalue weighted by atomic mass is 9.87. The standard InChI is InChI=1S/C16H25NS/c1-12(2)13-5-7-14(8-6-13)17-15-9-16(3,4)11-18-10-15/h5-8,12,15,17H,9-11H2,1-4H3. The van der Waals surface area contributed by atoms with Crippen molar-refractivity contribution in [2.24, 2.45) is 5.41 Å². The normalized spacial score (nSPS) is 23.1. The second-order valence-corrected chi connectivity index (χ2v) is 7.53. The van der Waals surface area contributed by atoms with Crippen LogP contribution in [0.5, 0.6) is 0 Å².